The third-order valence-electron chi connectivity index (χ3n) is 3.02. The Morgan fingerprint density at radius 1 is 1.39 bits per heavy atom. The average Bonchev–Trinajstić information content (AvgIpc) is 2.81. The normalized spacial score (nSPS) is 11.4. The molecule has 1 aromatic carbocycles. The maximum atomic E-state index is 5.14. The van der Waals surface area contributed by atoms with E-state index < -0.39 is 0 Å². The van der Waals surface area contributed by atoms with E-state index in [9.17, 15) is 0 Å². The van der Waals surface area contributed by atoms with Crippen molar-refractivity contribution in [2.24, 2.45) is 0 Å². The van der Waals surface area contributed by atoms with Crippen LogP contribution in [0.15, 0.2) is 30.9 Å². The summed E-state index contributed by atoms with van der Waals surface area (Å²) in [6.07, 6.45) is 5.56. The van der Waals surface area contributed by atoms with Crippen LogP contribution in [0.5, 0.6) is 0 Å². The van der Waals surface area contributed by atoms with Crippen molar-refractivity contribution < 1.29 is 4.74 Å². The summed E-state index contributed by atoms with van der Waals surface area (Å²) in [5, 5.41) is 2.30. The number of methoxy groups -OCH3 is 1. The first kappa shape index (κ1) is 11.9. The lowest BCUT2D eigenvalue weighted by Gasteiger charge is -2.07. The van der Waals surface area contributed by atoms with Gasteiger partial charge in [-0.1, -0.05) is 0 Å². The van der Waals surface area contributed by atoms with Crippen LogP contribution in [-0.4, -0.2) is 28.3 Å². The molecule has 0 N–H and O–H groups in total. The van der Waals surface area contributed by atoms with E-state index in [1.165, 1.54) is 14.5 Å². The lowest BCUT2D eigenvalue weighted by molar-refractivity contribution is 0.188. The standard InChI is InChI=1S/C13H12IN3O/c1-18-5-4-17-3-2-9-10-7-15-8-16-12(10)6-11(14)13(9)17/h2-3,6-8H,4-5H2,1H3. The van der Waals surface area contributed by atoms with Crippen LogP contribution in [-0.2, 0) is 11.3 Å². The predicted octanol–water partition coefficient (Wildman–Crippen LogP) is 2.84. The van der Waals surface area contributed by atoms with Gasteiger partial charge >= 0.3 is 0 Å². The molecule has 0 fully saturated rings. The van der Waals surface area contributed by atoms with Gasteiger partial charge in [0.15, 0.2) is 0 Å². The zero-order chi connectivity index (χ0) is 12.5. The highest BCUT2D eigenvalue weighted by molar-refractivity contribution is 14.1. The summed E-state index contributed by atoms with van der Waals surface area (Å²) in [5.74, 6) is 0. The van der Waals surface area contributed by atoms with E-state index in [0.717, 1.165) is 17.4 Å². The van der Waals surface area contributed by atoms with Gasteiger partial charge in [0.05, 0.1) is 17.6 Å². The summed E-state index contributed by atoms with van der Waals surface area (Å²) in [6, 6.07) is 4.22. The fourth-order valence-corrected chi connectivity index (χ4v) is 3.08. The van der Waals surface area contributed by atoms with E-state index >= 15 is 0 Å². The Bertz CT molecular complexity index is 708. The van der Waals surface area contributed by atoms with Gasteiger partial charge in [0.2, 0.25) is 0 Å². The molecule has 0 radical (unpaired) electrons. The number of rotatable bonds is 3. The van der Waals surface area contributed by atoms with E-state index in [-0.39, 0.29) is 0 Å². The second kappa shape index (κ2) is 4.81. The molecule has 18 heavy (non-hydrogen) atoms. The number of nitrogens with zero attached hydrogens (tertiary/aromatic N) is 3. The van der Waals surface area contributed by atoms with Gasteiger partial charge in [-0.25, -0.2) is 9.97 Å². The van der Waals surface area contributed by atoms with Crippen LogP contribution in [0.4, 0.5) is 0 Å². The van der Waals surface area contributed by atoms with E-state index in [1.54, 1.807) is 13.4 Å². The van der Waals surface area contributed by atoms with Crippen molar-refractivity contribution in [1.82, 2.24) is 14.5 Å². The minimum Gasteiger partial charge on any atom is -0.383 e. The van der Waals surface area contributed by atoms with Crippen molar-refractivity contribution in [3.05, 3.63) is 34.4 Å². The zero-order valence-electron chi connectivity index (χ0n) is 9.93. The Labute approximate surface area is 118 Å². The molecule has 0 saturated carbocycles. The topological polar surface area (TPSA) is 39.9 Å². The highest BCUT2D eigenvalue weighted by atomic mass is 127. The molecular formula is C13H12IN3O. The Morgan fingerprint density at radius 2 is 2.28 bits per heavy atom. The van der Waals surface area contributed by atoms with Gasteiger partial charge in [-0.3, -0.25) is 0 Å². The smallest absolute Gasteiger partial charge is 0.116 e. The predicted molar refractivity (Wildman–Crippen MR) is 79.6 cm³/mol. The lowest BCUT2D eigenvalue weighted by Crippen LogP contribution is -2.03. The van der Waals surface area contributed by atoms with Gasteiger partial charge in [0.25, 0.3) is 0 Å². The molecule has 92 valence electrons. The zero-order valence-corrected chi connectivity index (χ0v) is 12.1. The summed E-state index contributed by atoms with van der Waals surface area (Å²) >= 11 is 2.36. The minimum atomic E-state index is 0.711. The van der Waals surface area contributed by atoms with E-state index in [1.807, 2.05) is 6.20 Å². The number of fused-ring (bicyclic) bond motifs is 3. The maximum Gasteiger partial charge on any atom is 0.116 e. The highest BCUT2D eigenvalue weighted by Gasteiger charge is 2.10. The van der Waals surface area contributed by atoms with Gasteiger partial charge in [-0.15, -0.1) is 0 Å². The Kier molecular flexibility index (Phi) is 3.17. The third kappa shape index (κ3) is 1.87. The summed E-state index contributed by atoms with van der Waals surface area (Å²) in [4.78, 5) is 8.43. The monoisotopic (exact) mass is 353 g/mol. The summed E-state index contributed by atoms with van der Waals surface area (Å²) in [6.45, 7) is 1.57. The number of hydrogen-bond acceptors (Lipinski definition) is 3. The number of aromatic nitrogens is 3. The van der Waals surface area contributed by atoms with Crippen LogP contribution in [0.3, 0.4) is 0 Å². The van der Waals surface area contributed by atoms with Gasteiger partial charge in [0.1, 0.15) is 6.33 Å². The molecule has 0 amide bonds. The van der Waals surface area contributed by atoms with Crippen LogP contribution < -0.4 is 0 Å². The molecule has 4 nitrogen and oxygen atoms in total. The third-order valence-corrected chi connectivity index (χ3v) is 3.85. The van der Waals surface area contributed by atoms with E-state index in [2.05, 4.69) is 55.5 Å². The van der Waals surface area contributed by atoms with Gasteiger partial charge in [-0.2, -0.15) is 0 Å². The average molecular weight is 353 g/mol. The first-order valence-corrected chi connectivity index (χ1v) is 6.75. The van der Waals surface area contributed by atoms with E-state index in [0.29, 0.717) is 6.61 Å². The molecule has 0 saturated heterocycles. The molecule has 0 aliphatic rings. The van der Waals surface area contributed by atoms with Crippen molar-refractivity contribution in [2.75, 3.05) is 13.7 Å². The molecule has 0 atom stereocenters. The van der Waals surface area contributed by atoms with Gasteiger partial charge in [0, 0.05) is 40.4 Å². The molecule has 0 spiro atoms. The molecule has 0 unspecified atom stereocenters. The highest BCUT2D eigenvalue weighted by Crippen LogP contribution is 2.29. The van der Waals surface area contributed by atoms with E-state index in [4.69, 9.17) is 4.74 Å². The number of hydrogen-bond donors (Lipinski definition) is 0. The molecule has 0 aliphatic heterocycles. The molecule has 3 rings (SSSR count). The van der Waals surface area contributed by atoms with Crippen LogP contribution in [0.1, 0.15) is 0 Å². The fraction of sp³-hybridized carbons (Fsp3) is 0.231. The van der Waals surface area contributed by atoms with Crippen LogP contribution in [0.2, 0.25) is 0 Å². The molecule has 3 aromatic rings. The molecular weight excluding hydrogens is 341 g/mol. The van der Waals surface area contributed by atoms with Gasteiger partial charge in [-0.05, 0) is 34.7 Å². The molecule has 5 heteroatoms. The lowest BCUT2D eigenvalue weighted by atomic mass is 10.1. The quantitative estimate of drug-likeness (QED) is 0.680. The second-order valence-corrected chi connectivity index (χ2v) is 5.24. The first-order valence-electron chi connectivity index (χ1n) is 5.67. The minimum absolute atomic E-state index is 0.711. The van der Waals surface area contributed by atoms with Crippen molar-refractivity contribution in [1.29, 1.82) is 0 Å². The molecule has 2 aromatic heterocycles. The largest absolute Gasteiger partial charge is 0.383 e. The van der Waals surface area contributed by atoms with Crippen LogP contribution >= 0.6 is 22.6 Å². The first-order chi connectivity index (χ1) is 8.81. The van der Waals surface area contributed by atoms with Crippen LogP contribution in [0, 0.1) is 3.57 Å². The van der Waals surface area contributed by atoms with Crippen molar-refractivity contribution in [2.45, 2.75) is 6.54 Å². The van der Waals surface area contributed by atoms with Crippen molar-refractivity contribution in [3.8, 4) is 0 Å². The Morgan fingerprint density at radius 3 is 3.11 bits per heavy atom. The molecule has 0 aliphatic carbocycles. The van der Waals surface area contributed by atoms with Crippen molar-refractivity contribution in [3.63, 3.8) is 0 Å². The molecule has 0 bridgehead atoms. The number of benzene rings is 1. The summed E-state index contributed by atoms with van der Waals surface area (Å²) < 4.78 is 8.56. The number of ether oxygens (including phenoxy) is 1. The Balaban J connectivity index is 2.28. The summed E-state index contributed by atoms with van der Waals surface area (Å²) in [5.41, 5.74) is 2.22. The van der Waals surface area contributed by atoms with Gasteiger partial charge < -0.3 is 9.30 Å². The SMILES string of the molecule is COCCn1ccc2c3cncnc3cc(I)c21. The summed E-state index contributed by atoms with van der Waals surface area (Å²) in [7, 11) is 1.72. The molecule has 2 heterocycles. The second-order valence-electron chi connectivity index (χ2n) is 4.08. The van der Waals surface area contributed by atoms with Crippen LogP contribution in [0.25, 0.3) is 21.8 Å². The van der Waals surface area contributed by atoms with Crippen molar-refractivity contribution >= 4 is 44.4 Å². The maximum absolute atomic E-state index is 5.14. The Hall–Kier alpha value is -1.21. The number of halogens is 1. The fourth-order valence-electron chi connectivity index (χ4n) is 2.18.